The van der Waals surface area contributed by atoms with Crippen LogP contribution in [0, 0.1) is 5.92 Å². The van der Waals surface area contributed by atoms with Crippen LogP contribution in [-0.4, -0.2) is 41.5 Å². The Labute approximate surface area is 201 Å². The number of hydrogen-bond acceptors (Lipinski definition) is 6. The summed E-state index contributed by atoms with van der Waals surface area (Å²) in [5.41, 5.74) is 5.63. The summed E-state index contributed by atoms with van der Waals surface area (Å²) in [5, 5.41) is 0.611. The molecule has 3 aliphatic rings. The topological polar surface area (TPSA) is 64.6 Å². The Morgan fingerprint density at radius 1 is 1.09 bits per heavy atom. The fraction of sp³-hybridized carbons (Fsp3) is 0.222. The number of likely N-dealkylation sites (tertiary alicyclic amines) is 1. The van der Waals surface area contributed by atoms with Crippen LogP contribution in [0.15, 0.2) is 60.7 Å². The minimum Gasteiger partial charge on any atom is -0.493 e. The van der Waals surface area contributed by atoms with Crippen molar-refractivity contribution in [1.82, 2.24) is 14.9 Å². The summed E-state index contributed by atoms with van der Waals surface area (Å²) in [7, 11) is 3.65. The number of carbonyl (C=O) groups is 1. The Kier molecular flexibility index (Phi) is 3.98. The van der Waals surface area contributed by atoms with E-state index in [9.17, 15) is 4.79 Å². The molecule has 3 aromatic carbocycles. The number of aromatic nitrogens is 2. The zero-order valence-electron chi connectivity index (χ0n) is 18.6. The molecule has 1 aromatic heterocycles. The summed E-state index contributed by atoms with van der Waals surface area (Å²) in [6.45, 7) is 0.545. The third-order valence-corrected chi connectivity index (χ3v) is 7.81. The number of hydrogen-bond donors (Lipinski definition) is 0. The Bertz CT molecular complexity index is 1540. The molecule has 34 heavy (non-hydrogen) atoms. The highest BCUT2D eigenvalue weighted by Crippen LogP contribution is 2.64. The van der Waals surface area contributed by atoms with Crippen LogP contribution in [0.2, 0.25) is 5.02 Å². The van der Waals surface area contributed by atoms with Crippen LogP contribution < -0.4 is 9.47 Å². The molecule has 3 atom stereocenters. The Morgan fingerprint density at radius 3 is 2.79 bits per heavy atom. The second-order valence-corrected chi connectivity index (χ2v) is 9.57. The van der Waals surface area contributed by atoms with E-state index in [0.717, 1.165) is 39.1 Å². The fourth-order valence-electron chi connectivity index (χ4n) is 6.28. The van der Waals surface area contributed by atoms with Crippen molar-refractivity contribution in [3.05, 3.63) is 82.5 Å². The maximum absolute atomic E-state index is 13.3. The first-order valence-electron chi connectivity index (χ1n) is 11.2. The summed E-state index contributed by atoms with van der Waals surface area (Å²) in [6.07, 6.45) is 0. The van der Waals surface area contributed by atoms with Crippen LogP contribution in [0.5, 0.6) is 11.5 Å². The van der Waals surface area contributed by atoms with Gasteiger partial charge in [-0.2, -0.15) is 0 Å². The molecular weight excluding hydrogens is 450 g/mol. The second kappa shape index (κ2) is 6.78. The smallest absolute Gasteiger partial charge is 0.316 e. The molecular formula is C27H20ClN3O3. The summed E-state index contributed by atoms with van der Waals surface area (Å²) < 4.78 is 11.4. The SMILES string of the molecule is COc1cccc2c1OC(=O)C1CN(C)C3(c4ccccc4-c4nc5ccc(Cl)cc5nc43)C21. The Balaban J connectivity index is 1.60. The standard InChI is InChI=1S/C27H20ClN3O3/c1-31-13-17-22(16-7-5-9-21(33-2)24(16)34-26(17)32)27(31)18-8-4-3-6-15(18)23-25(27)30-20-12-14(28)10-11-19(20)29-23/h3-12,17,22H,13H2,1-2H3. The van der Waals surface area contributed by atoms with E-state index in [2.05, 4.69) is 24.1 Å². The van der Waals surface area contributed by atoms with Gasteiger partial charge < -0.3 is 9.47 Å². The van der Waals surface area contributed by atoms with Crippen molar-refractivity contribution in [2.75, 3.05) is 20.7 Å². The minimum atomic E-state index is -0.680. The van der Waals surface area contributed by atoms with Crippen molar-refractivity contribution in [3.63, 3.8) is 0 Å². The first kappa shape index (κ1) is 19.9. The molecule has 0 bridgehead atoms. The average molecular weight is 470 g/mol. The normalized spacial score (nSPS) is 24.5. The van der Waals surface area contributed by atoms with Crippen molar-refractivity contribution in [3.8, 4) is 22.8 Å². The predicted octanol–water partition coefficient (Wildman–Crippen LogP) is 4.78. The van der Waals surface area contributed by atoms with Crippen molar-refractivity contribution in [2.45, 2.75) is 11.5 Å². The lowest BCUT2D eigenvalue weighted by atomic mass is 9.70. The van der Waals surface area contributed by atoms with Gasteiger partial charge in [-0.25, -0.2) is 9.97 Å². The molecule has 1 fully saturated rings. The lowest BCUT2D eigenvalue weighted by Gasteiger charge is -2.40. The highest BCUT2D eigenvalue weighted by Gasteiger charge is 2.64. The molecule has 2 aliphatic heterocycles. The van der Waals surface area contributed by atoms with Gasteiger partial charge in [-0.3, -0.25) is 9.69 Å². The fourth-order valence-corrected chi connectivity index (χ4v) is 6.45. The van der Waals surface area contributed by atoms with Crippen molar-refractivity contribution in [1.29, 1.82) is 0 Å². The van der Waals surface area contributed by atoms with Crippen LogP contribution >= 0.6 is 11.6 Å². The van der Waals surface area contributed by atoms with E-state index in [0.29, 0.717) is 23.1 Å². The van der Waals surface area contributed by atoms with Gasteiger partial charge in [0.25, 0.3) is 0 Å². The molecule has 0 saturated carbocycles. The molecule has 3 unspecified atom stereocenters. The lowest BCUT2D eigenvalue weighted by Crippen LogP contribution is -2.44. The molecule has 168 valence electrons. The highest BCUT2D eigenvalue weighted by atomic mass is 35.5. The summed E-state index contributed by atoms with van der Waals surface area (Å²) in [4.78, 5) is 25.8. The van der Waals surface area contributed by atoms with Gasteiger partial charge in [0.05, 0.1) is 41.0 Å². The number of methoxy groups -OCH3 is 1. The first-order valence-corrected chi connectivity index (χ1v) is 11.6. The van der Waals surface area contributed by atoms with E-state index >= 15 is 0 Å². The van der Waals surface area contributed by atoms with E-state index in [1.807, 2.05) is 48.5 Å². The summed E-state index contributed by atoms with van der Waals surface area (Å²) >= 11 is 6.32. The number of para-hydroxylation sites is 1. The molecule has 0 N–H and O–H groups in total. The average Bonchev–Trinajstić information content (AvgIpc) is 3.31. The van der Waals surface area contributed by atoms with Crippen LogP contribution in [0.3, 0.4) is 0 Å². The maximum atomic E-state index is 13.3. The van der Waals surface area contributed by atoms with Crippen LogP contribution in [0.4, 0.5) is 0 Å². The van der Waals surface area contributed by atoms with Gasteiger partial charge in [0, 0.05) is 28.6 Å². The molecule has 3 heterocycles. The van der Waals surface area contributed by atoms with Gasteiger partial charge in [-0.15, -0.1) is 0 Å². The molecule has 4 aromatic rings. The van der Waals surface area contributed by atoms with Crippen molar-refractivity contribution in [2.24, 2.45) is 5.92 Å². The number of likely N-dealkylation sites (N-methyl/N-ethyl adjacent to an activating group) is 1. The van der Waals surface area contributed by atoms with E-state index < -0.39 is 5.54 Å². The number of ether oxygens (including phenoxy) is 2. The van der Waals surface area contributed by atoms with Crippen molar-refractivity contribution < 1.29 is 14.3 Å². The van der Waals surface area contributed by atoms with E-state index in [1.54, 1.807) is 7.11 Å². The zero-order chi connectivity index (χ0) is 23.2. The largest absolute Gasteiger partial charge is 0.493 e. The third kappa shape index (κ3) is 2.32. The quantitative estimate of drug-likeness (QED) is 0.295. The summed E-state index contributed by atoms with van der Waals surface area (Å²) in [6, 6.07) is 19.7. The molecule has 0 amide bonds. The number of rotatable bonds is 1. The van der Waals surface area contributed by atoms with Gasteiger partial charge in [0.2, 0.25) is 0 Å². The first-order chi connectivity index (χ1) is 16.5. The van der Waals surface area contributed by atoms with Crippen molar-refractivity contribution >= 4 is 28.6 Å². The Hall–Kier alpha value is -3.48. The van der Waals surface area contributed by atoms with Crippen LogP contribution in [0.25, 0.3) is 22.3 Å². The molecule has 1 saturated heterocycles. The number of halogens is 1. The molecule has 1 aliphatic carbocycles. The molecule has 6 nitrogen and oxygen atoms in total. The van der Waals surface area contributed by atoms with Gasteiger partial charge in [-0.1, -0.05) is 48.0 Å². The number of carbonyl (C=O) groups excluding carboxylic acids is 1. The molecule has 7 rings (SSSR count). The van der Waals surface area contributed by atoms with E-state index in [1.165, 1.54) is 0 Å². The molecule has 1 spiro atoms. The molecule has 0 radical (unpaired) electrons. The van der Waals surface area contributed by atoms with Crippen LogP contribution in [0.1, 0.15) is 22.7 Å². The zero-order valence-corrected chi connectivity index (χ0v) is 19.3. The number of fused-ring (bicyclic) bond motifs is 10. The monoisotopic (exact) mass is 469 g/mol. The van der Waals surface area contributed by atoms with Crippen LogP contribution in [-0.2, 0) is 10.3 Å². The molecule has 7 heteroatoms. The lowest BCUT2D eigenvalue weighted by molar-refractivity contribution is -0.140. The predicted molar refractivity (Wildman–Crippen MR) is 128 cm³/mol. The number of esters is 1. The van der Waals surface area contributed by atoms with Gasteiger partial charge in [-0.05, 0) is 36.9 Å². The van der Waals surface area contributed by atoms with E-state index in [4.69, 9.17) is 31.0 Å². The number of nitrogens with zero attached hydrogens (tertiary/aromatic N) is 3. The number of benzene rings is 3. The Morgan fingerprint density at radius 2 is 1.94 bits per heavy atom. The van der Waals surface area contributed by atoms with E-state index in [-0.39, 0.29) is 17.8 Å². The van der Waals surface area contributed by atoms with Gasteiger partial charge in [0.1, 0.15) is 0 Å². The summed E-state index contributed by atoms with van der Waals surface area (Å²) in [5.74, 6) is 0.247. The second-order valence-electron chi connectivity index (χ2n) is 9.13. The maximum Gasteiger partial charge on any atom is 0.316 e. The van der Waals surface area contributed by atoms with Gasteiger partial charge in [0.15, 0.2) is 11.5 Å². The minimum absolute atomic E-state index is 0.211. The highest BCUT2D eigenvalue weighted by molar-refractivity contribution is 6.31. The third-order valence-electron chi connectivity index (χ3n) is 7.57. The van der Waals surface area contributed by atoms with Gasteiger partial charge >= 0.3 is 5.97 Å².